The summed E-state index contributed by atoms with van der Waals surface area (Å²) in [5, 5.41) is 3.31. The van der Waals surface area contributed by atoms with Crippen molar-refractivity contribution >= 4 is 40.9 Å². The summed E-state index contributed by atoms with van der Waals surface area (Å²) in [7, 11) is 3.17. The van der Waals surface area contributed by atoms with Gasteiger partial charge in [-0.05, 0) is 49.6 Å². The van der Waals surface area contributed by atoms with Crippen LogP contribution in [0.15, 0.2) is 54.9 Å². The molecule has 0 unspecified atom stereocenters. The molecule has 10 heteroatoms. The largest absolute Gasteiger partial charge is 0.493 e. The Bertz CT molecular complexity index is 1340. The van der Waals surface area contributed by atoms with Gasteiger partial charge in [0.25, 0.3) is 0 Å². The summed E-state index contributed by atoms with van der Waals surface area (Å²) >= 11 is 0. The number of anilines is 2. The molecule has 9 nitrogen and oxygen atoms in total. The van der Waals surface area contributed by atoms with Gasteiger partial charge in [0.15, 0.2) is 11.5 Å². The molecule has 2 aromatic heterocycles. The highest BCUT2D eigenvalue weighted by molar-refractivity contribution is 5.95. The van der Waals surface area contributed by atoms with Crippen LogP contribution in [0.25, 0.3) is 16.9 Å². The molecule has 0 spiro atoms. The molecule has 0 saturated carbocycles. The van der Waals surface area contributed by atoms with Crippen LogP contribution in [0.4, 0.5) is 11.5 Å². The van der Waals surface area contributed by atoms with E-state index in [9.17, 15) is 4.79 Å². The van der Waals surface area contributed by atoms with Gasteiger partial charge in [-0.25, -0.2) is 14.8 Å². The fraction of sp³-hybridized carbons (Fsp3) is 0.269. The molecule has 3 N–H and O–H groups in total. The number of nitrogens with zero attached hydrogens (tertiary/aromatic N) is 3. The highest BCUT2D eigenvalue weighted by Crippen LogP contribution is 2.32. The van der Waals surface area contributed by atoms with Crippen LogP contribution >= 0.6 is 12.4 Å². The molecule has 2 aromatic carbocycles. The predicted octanol–water partition coefficient (Wildman–Crippen LogP) is 4.66. The first-order chi connectivity index (χ1) is 17.0. The maximum absolute atomic E-state index is 12.6. The number of methoxy groups -OCH3 is 2. The number of halogens is 1. The smallest absolute Gasteiger partial charge is 0.341 e. The van der Waals surface area contributed by atoms with E-state index < -0.39 is 5.97 Å². The van der Waals surface area contributed by atoms with Gasteiger partial charge in [-0.1, -0.05) is 12.1 Å². The molecule has 0 aliphatic carbocycles. The predicted molar refractivity (Wildman–Crippen MR) is 143 cm³/mol. The van der Waals surface area contributed by atoms with E-state index in [2.05, 4.69) is 10.3 Å². The van der Waals surface area contributed by atoms with Crippen LogP contribution in [0.1, 0.15) is 29.3 Å². The van der Waals surface area contributed by atoms with E-state index in [1.165, 1.54) is 0 Å². The summed E-state index contributed by atoms with van der Waals surface area (Å²) in [5.41, 5.74) is 9.69. The summed E-state index contributed by atoms with van der Waals surface area (Å²) in [6.45, 7) is 2.67. The topological polar surface area (TPSA) is 114 Å². The van der Waals surface area contributed by atoms with Crippen LogP contribution in [0.3, 0.4) is 0 Å². The lowest BCUT2D eigenvalue weighted by molar-refractivity contribution is 0.0527. The molecule has 0 radical (unpaired) electrons. The molecule has 4 rings (SSSR count). The third-order valence-corrected chi connectivity index (χ3v) is 5.56. The monoisotopic (exact) mass is 511 g/mol. The van der Waals surface area contributed by atoms with Gasteiger partial charge in [-0.2, -0.15) is 0 Å². The zero-order valence-corrected chi connectivity index (χ0v) is 21.3. The molecule has 0 aliphatic heterocycles. The minimum Gasteiger partial charge on any atom is -0.493 e. The van der Waals surface area contributed by atoms with E-state index in [1.54, 1.807) is 39.6 Å². The van der Waals surface area contributed by atoms with Gasteiger partial charge in [-0.3, -0.25) is 4.57 Å². The number of pyridine rings is 1. The van der Waals surface area contributed by atoms with Crippen molar-refractivity contribution in [2.75, 3.05) is 38.4 Å². The van der Waals surface area contributed by atoms with Gasteiger partial charge >= 0.3 is 5.97 Å². The van der Waals surface area contributed by atoms with Crippen molar-refractivity contribution in [1.82, 2.24) is 14.5 Å². The number of benzene rings is 2. The van der Waals surface area contributed by atoms with Gasteiger partial charge in [-0.15, -0.1) is 12.4 Å². The van der Waals surface area contributed by atoms with E-state index in [1.807, 2.05) is 41.0 Å². The average molecular weight is 512 g/mol. The van der Waals surface area contributed by atoms with Crippen molar-refractivity contribution in [3.63, 3.8) is 0 Å². The second kappa shape index (κ2) is 12.1. The zero-order chi connectivity index (χ0) is 24.8. The minimum absolute atomic E-state index is 0. The van der Waals surface area contributed by atoms with Crippen molar-refractivity contribution < 1.29 is 19.0 Å². The summed E-state index contributed by atoms with van der Waals surface area (Å²) in [5.74, 6) is 1.82. The molecule has 0 bridgehead atoms. The van der Waals surface area contributed by atoms with E-state index in [0.717, 1.165) is 35.1 Å². The van der Waals surface area contributed by atoms with Crippen molar-refractivity contribution in [2.45, 2.75) is 19.8 Å². The Labute approximate surface area is 216 Å². The lowest BCUT2D eigenvalue weighted by atomic mass is 10.1. The number of hydrogen-bond acceptors (Lipinski definition) is 8. The van der Waals surface area contributed by atoms with Gasteiger partial charge in [0.05, 0.1) is 31.9 Å². The number of esters is 1. The molecular weight excluding hydrogens is 482 g/mol. The minimum atomic E-state index is -0.424. The summed E-state index contributed by atoms with van der Waals surface area (Å²) < 4.78 is 17.9. The van der Waals surface area contributed by atoms with E-state index in [-0.39, 0.29) is 19.0 Å². The van der Waals surface area contributed by atoms with Crippen molar-refractivity contribution in [3.8, 4) is 17.3 Å². The first kappa shape index (κ1) is 26.6. The number of rotatable bonds is 10. The van der Waals surface area contributed by atoms with E-state index in [4.69, 9.17) is 24.9 Å². The number of nitrogens with one attached hydrogen (secondary N) is 1. The normalized spacial score (nSPS) is 10.5. The van der Waals surface area contributed by atoms with E-state index in [0.29, 0.717) is 35.2 Å². The van der Waals surface area contributed by atoms with Gasteiger partial charge in [0.1, 0.15) is 23.5 Å². The number of hydrogen-bond donors (Lipinski definition) is 2. The number of aryl methyl sites for hydroxylation is 1. The molecule has 2 heterocycles. The molecule has 190 valence electrons. The number of imidazole rings is 1. The molecule has 0 fully saturated rings. The third kappa shape index (κ3) is 5.80. The van der Waals surface area contributed by atoms with Crippen LogP contribution in [0.5, 0.6) is 11.5 Å². The average Bonchev–Trinajstić information content (AvgIpc) is 3.28. The number of carbonyl (C=O) groups excluding carboxylic acids is 1. The standard InChI is InChI=1S/C26H29N5O4.ClH/c1-4-35-26(32)19-10-11-24(30-25(19)28-12-6-8-17-7-5-9-18(27)13-17)31-16-29-20-14-22(33-2)23(34-3)15-21(20)31;/h5,7,9-11,13-16H,4,6,8,12,27H2,1-3H3,(H,28,30);1H. The Morgan fingerprint density at radius 3 is 2.58 bits per heavy atom. The maximum Gasteiger partial charge on any atom is 0.341 e. The van der Waals surface area contributed by atoms with E-state index >= 15 is 0 Å². The summed E-state index contributed by atoms with van der Waals surface area (Å²) in [6, 6.07) is 15.0. The fourth-order valence-electron chi connectivity index (χ4n) is 3.86. The van der Waals surface area contributed by atoms with Gasteiger partial charge < -0.3 is 25.3 Å². The number of ether oxygens (including phenoxy) is 3. The number of nitrogen functional groups attached to an aromatic ring is 1. The maximum atomic E-state index is 12.6. The fourth-order valence-corrected chi connectivity index (χ4v) is 3.86. The molecule has 4 aromatic rings. The highest BCUT2D eigenvalue weighted by Gasteiger charge is 2.17. The van der Waals surface area contributed by atoms with Crippen LogP contribution in [0.2, 0.25) is 0 Å². The number of fused-ring (bicyclic) bond motifs is 1. The van der Waals surface area contributed by atoms with Gasteiger partial charge in [0.2, 0.25) is 0 Å². The Kier molecular flexibility index (Phi) is 8.97. The summed E-state index contributed by atoms with van der Waals surface area (Å²) in [4.78, 5) is 21.8. The Balaban J connectivity index is 0.00000361. The highest BCUT2D eigenvalue weighted by atomic mass is 35.5. The number of nitrogens with two attached hydrogens (primary N) is 1. The number of aromatic nitrogens is 3. The Morgan fingerprint density at radius 2 is 1.86 bits per heavy atom. The molecule has 0 amide bonds. The van der Waals surface area contributed by atoms with Crippen LogP contribution in [-0.4, -0.2) is 47.9 Å². The van der Waals surface area contributed by atoms with Crippen molar-refractivity contribution in [1.29, 1.82) is 0 Å². The Hall–Kier alpha value is -3.98. The first-order valence-corrected chi connectivity index (χ1v) is 11.4. The molecule has 36 heavy (non-hydrogen) atoms. The zero-order valence-electron chi connectivity index (χ0n) is 20.5. The molecule has 0 atom stereocenters. The second-order valence-electron chi connectivity index (χ2n) is 7.87. The number of carbonyl (C=O) groups is 1. The second-order valence-corrected chi connectivity index (χ2v) is 7.87. The molecular formula is C26H30ClN5O4. The lowest BCUT2D eigenvalue weighted by Gasteiger charge is -2.13. The molecule has 0 aliphatic rings. The quantitative estimate of drug-likeness (QED) is 0.179. The summed E-state index contributed by atoms with van der Waals surface area (Å²) in [6.07, 6.45) is 3.36. The van der Waals surface area contributed by atoms with Gasteiger partial charge in [0, 0.05) is 24.4 Å². The van der Waals surface area contributed by atoms with Crippen LogP contribution < -0.4 is 20.5 Å². The van der Waals surface area contributed by atoms with Crippen molar-refractivity contribution in [2.24, 2.45) is 0 Å². The SMILES string of the molecule is CCOC(=O)c1ccc(-n2cnc3cc(OC)c(OC)cc32)nc1NCCCc1cccc(N)c1.Cl. The third-order valence-electron chi connectivity index (χ3n) is 5.56. The first-order valence-electron chi connectivity index (χ1n) is 11.4. The lowest BCUT2D eigenvalue weighted by Crippen LogP contribution is -2.14. The molecule has 0 saturated heterocycles. The van der Waals surface area contributed by atoms with Crippen LogP contribution in [0, 0.1) is 0 Å². The van der Waals surface area contributed by atoms with Crippen molar-refractivity contribution in [3.05, 3.63) is 66.0 Å². The Morgan fingerprint density at radius 1 is 1.08 bits per heavy atom. The van der Waals surface area contributed by atoms with Crippen LogP contribution in [-0.2, 0) is 11.2 Å².